The smallest absolute Gasteiger partial charge is 0.230 e. The van der Waals surface area contributed by atoms with Crippen LogP contribution < -0.4 is 11.1 Å². The summed E-state index contributed by atoms with van der Waals surface area (Å²) in [6.07, 6.45) is 7.47. The van der Waals surface area contributed by atoms with Crippen molar-refractivity contribution in [3.8, 4) is 0 Å². The highest BCUT2D eigenvalue weighted by Crippen LogP contribution is 2.23. The van der Waals surface area contributed by atoms with E-state index in [2.05, 4.69) is 12.2 Å². The van der Waals surface area contributed by atoms with Gasteiger partial charge in [0.25, 0.3) is 0 Å². The molecule has 1 aromatic carbocycles. The number of nitrogens with one attached hydrogen (secondary N) is 1. The minimum Gasteiger partial charge on any atom is -0.398 e. The number of carbonyl (C=O) groups excluding carboxylic acids is 1. The van der Waals surface area contributed by atoms with Gasteiger partial charge in [-0.2, -0.15) is 0 Å². The topological polar surface area (TPSA) is 55.1 Å². The maximum Gasteiger partial charge on any atom is 0.230 e. The Balaban J connectivity index is 2.05. The Kier molecular flexibility index (Phi) is 8.96. The second-order valence-corrected chi connectivity index (χ2v) is 5.96. The molecule has 1 amide bonds. The van der Waals surface area contributed by atoms with E-state index in [1.54, 1.807) is 0 Å². The number of unbranched alkanes of at least 4 members (excludes halogenated alkanes) is 5. The minimum atomic E-state index is 0.0896. The van der Waals surface area contributed by atoms with E-state index in [1.807, 2.05) is 24.3 Å². The Bertz CT molecular complexity index is 396. The summed E-state index contributed by atoms with van der Waals surface area (Å²) in [5.41, 5.74) is 6.57. The molecule has 0 saturated heterocycles. The quantitative estimate of drug-likeness (QED) is 0.391. The predicted molar refractivity (Wildman–Crippen MR) is 88.0 cm³/mol. The van der Waals surface area contributed by atoms with Crippen molar-refractivity contribution in [3.05, 3.63) is 24.3 Å². The van der Waals surface area contributed by atoms with E-state index < -0.39 is 0 Å². The van der Waals surface area contributed by atoms with Gasteiger partial charge in [-0.3, -0.25) is 4.79 Å². The molecular weight excluding hydrogens is 268 g/mol. The van der Waals surface area contributed by atoms with Crippen LogP contribution >= 0.6 is 11.8 Å². The molecule has 0 radical (unpaired) electrons. The maximum absolute atomic E-state index is 11.7. The molecule has 1 rings (SSSR count). The van der Waals surface area contributed by atoms with Gasteiger partial charge in [0.15, 0.2) is 0 Å². The van der Waals surface area contributed by atoms with Gasteiger partial charge in [-0.15, -0.1) is 11.8 Å². The third kappa shape index (κ3) is 7.43. The fraction of sp³-hybridized carbons (Fsp3) is 0.562. The molecule has 4 heteroatoms. The van der Waals surface area contributed by atoms with Gasteiger partial charge >= 0.3 is 0 Å². The second-order valence-electron chi connectivity index (χ2n) is 4.94. The first-order chi connectivity index (χ1) is 9.74. The lowest BCUT2D eigenvalue weighted by Crippen LogP contribution is -2.26. The Hall–Kier alpha value is -1.16. The second kappa shape index (κ2) is 10.6. The van der Waals surface area contributed by atoms with Crippen molar-refractivity contribution < 1.29 is 4.79 Å². The molecule has 3 N–H and O–H groups in total. The van der Waals surface area contributed by atoms with Crippen molar-refractivity contribution in [3.63, 3.8) is 0 Å². The van der Waals surface area contributed by atoms with Gasteiger partial charge < -0.3 is 11.1 Å². The number of carbonyl (C=O) groups is 1. The molecule has 3 nitrogen and oxygen atoms in total. The van der Waals surface area contributed by atoms with Gasteiger partial charge in [-0.25, -0.2) is 0 Å². The zero-order valence-electron chi connectivity index (χ0n) is 12.4. The summed E-state index contributed by atoms with van der Waals surface area (Å²) >= 11 is 1.49. The van der Waals surface area contributed by atoms with E-state index in [-0.39, 0.29) is 5.91 Å². The number of nitrogen functional groups attached to an aromatic ring is 1. The van der Waals surface area contributed by atoms with Crippen LogP contribution in [0.3, 0.4) is 0 Å². The molecular formula is C16H26N2OS. The molecule has 0 atom stereocenters. The number of para-hydroxylation sites is 1. The lowest BCUT2D eigenvalue weighted by molar-refractivity contribution is -0.118. The van der Waals surface area contributed by atoms with E-state index in [1.165, 1.54) is 43.9 Å². The van der Waals surface area contributed by atoms with Gasteiger partial charge in [-0.05, 0) is 18.6 Å². The Morgan fingerprint density at radius 1 is 1.15 bits per heavy atom. The molecule has 0 unspecified atom stereocenters. The molecule has 0 spiro atoms. The lowest BCUT2D eigenvalue weighted by Gasteiger charge is -2.06. The number of rotatable bonds is 10. The monoisotopic (exact) mass is 294 g/mol. The zero-order valence-corrected chi connectivity index (χ0v) is 13.2. The summed E-state index contributed by atoms with van der Waals surface area (Å²) in [5, 5.41) is 2.96. The highest BCUT2D eigenvalue weighted by molar-refractivity contribution is 8.00. The van der Waals surface area contributed by atoms with Gasteiger partial charge in [0, 0.05) is 17.1 Å². The van der Waals surface area contributed by atoms with Crippen molar-refractivity contribution in [1.82, 2.24) is 5.32 Å². The van der Waals surface area contributed by atoms with E-state index >= 15 is 0 Å². The number of benzene rings is 1. The third-order valence-electron chi connectivity index (χ3n) is 3.13. The van der Waals surface area contributed by atoms with Crippen LogP contribution in [0, 0.1) is 0 Å². The number of hydrogen-bond donors (Lipinski definition) is 2. The summed E-state index contributed by atoms with van der Waals surface area (Å²) < 4.78 is 0. The summed E-state index contributed by atoms with van der Waals surface area (Å²) in [5.74, 6) is 0.524. The lowest BCUT2D eigenvalue weighted by atomic mass is 10.1. The van der Waals surface area contributed by atoms with Gasteiger partial charge in [0.2, 0.25) is 5.91 Å². The van der Waals surface area contributed by atoms with Crippen LogP contribution in [0.5, 0.6) is 0 Å². The van der Waals surface area contributed by atoms with Gasteiger partial charge in [-0.1, -0.05) is 51.2 Å². The SMILES string of the molecule is CCCCCCCCNC(=O)CSc1ccccc1N. The van der Waals surface area contributed by atoms with Crippen LogP contribution in [0.4, 0.5) is 5.69 Å². The first-order valence-electron chi connectivity index (χ1n) is 7.48. The highest BCUT2D eigenvalue weighted by Gasteiger charge is 2.04. The predicted octanol–water partition coefficient (Wildman–Crippen LogP) is 3.84. The molecule has 0 saturated carbocycles. The first kappa shape index (κ1) is 16.9. The number of amides is 1. The Morgan fingerprint density at radius 2 is 1.85 bits per heavy atom. The van der Waals surface area contributed by atoms with Crippen LogP contribution in [0.2, 0.25) is 0 Å². The Labute approximate surface area is 126 Å². The summed E-state index contributed by atoms with van der Waals surface area (Å²) in [6.45, 7) is 3.01. The average molecular weight is 294 g/mol. The highest BCUT2D eigenvalue weighted by atomic mass is 32.2. The fourth-order valence-corrected chi connectivity index (χ4v) is 2.74. The average Bonchev–Trinajstić information content (AvgIpc) is 2.45. The molecule has 0 fully saturated rings. The van der Waals surface area contributed by atoms with E-state index in [4.69, 9.17) is 5.73 Å². The van der Waals surface area contributed by atoms with Crippen molar-refractivity contribution >= 4 is 23.4 Å². The normalized spacial score (nSPS) is 10.4. The van der Waals surface area contributed by atoms with Crippen LogP contribution in [-0.4, -0.2) is 18.2 Å². The van der Waals surface area contributed by atoms with Gasteiger partial charge in [0.05, 0.1) is 5.75 Å². The van der Waals surface area contributed by atoms with Crippen molar-refractivity contribution in [2.75, 3.05) is 18.0 Å². The summed E-state index contributed by atoms with van der Waals surface area (Å²) in [4.78, 5) is 12.7. The van der Waals surface area contributed by atoms with E-state index in [9.17, 15) is 4.79 Å². The third-order valence-corrected chi connectivity index (χ3v) is 4.22. The number of nitrogens with two attached hydrogens (primary N) is 1. The maximum atomic E-state index is 11.7. The molecule has 0 aromatic heterocycles. The fourth-order valence-electron chi connectivity index (χ4n) is 1.94. The largest absolute Gasteiger partial charge is 0.398 e. The standard InChI is InChI=1S/C16H26N2OS/c1-2-3-4-5-6-9-12-18-16(19)13-20-15-11-8-7-10-14(15)17/h7-8,10-11H,2-6,9,12-13,17H2,1H3,(H,18,19). The number of hydrogen-bond acceptors (Lipinski definition) is 3. The van der Waals surface area contributed by atoms with Crippen molar-refractivity contribution in [2.24, 2.45) is 0 Å². The minimum absolute atomic E-state index is 0.0896. The molecule has 0 aliphatic heterocycles. The van der Waals surface area contributed by atoms with Crippen LogP contribution in [0.25, 0.3) is 0 Å². The van der Waals surface area contributed by atoms with Crippen LogP contribution in [-0.2, 0) is 4.79 Å². The van der Waals surface area contributed by atoms with Crippen LogP contribution in [0.1, 0.15) is 45.4 Å². The first-order valence-corrected chi connectivity index (χ1v) is 8.46. The molecule has 112 valence electrons. The zero-order chi connectivity index (χ0) is 14.6. The van der Waals surface area contributed by atoms with Gasteiger partial charge in [0.1, 0.15) is 0 Å². The molecule has 0 aliphatic rings. The molecule has 0 heterocycles. The molecule has 0 bridgehead atoms. The van der Waals surface area contributed by atoms with Crippen molar-refractivity contribution in [2.45, 2.75) is 50.3 Å². The number of thioether (sulfide) groups is 1. The summed E-state index contributed by atoms with van der Waals surface area (Å²) in [6, 6.07) is 7.64. The van der Waals surface area contributed by atoms with E-state index in [0.29, 0.717) is 5.75 Å². The molecule has 1 aromatic rings. The summed E-state index contributed by atoms with van der Waals surface area (Å²) in [7, 11) is 0. The number of anilines is 1. The molecule has 0 aliphatic carbocycles. The Morgan fingerprint density at radius 3 is 2.60 bits per heavy atom. The van der Waals surface area contributed by atoms with Crippen LogP contribution in [0.15, 0.2) is 29.2 Å². The molecule has 20 heavy (non-hydrogen) atoms. The van der Waals surface area contributed by atoms with E-state index in [0.717, 1.165) is 23.5 Å². The van der Waals surface area contributed by atoms with Crippen molar-refractivity contribution in [1.29, 1.82) is 0 Å².